The van der Waals surface area contributed by atoms with Gasteiger partial charge >= 0.3 is 0 Å². The van der Waals surface area contributed by atoms with Crippen LogP contribution in [0.25, 0.3) is 0 Å². The zero-order valence-electron chi connectivity index (χ0n) is 11.3. The van der Waals surface area contributed by atoms with Crippen LogP contribution in [0.1, 0.15) is 26.7 Å². The summed E-state index contributed by atoms with van der Waals surface area (Å²) in [7, 11) is 1.97. The molecule has 0 bridgehead atoms. The molecule has 2 rings (SSSR count). The van der Waals surface area contributed by atoms with Crippen LogP contribution in [0.3, 0.4) is 0 Å². The van der Waals surface area contributed by atoms with E-state index >= 15 is 0 Å². The molecule has 1 aliphatic carbocycles. The highest BCUT2D eigenvalue weighted by Crippen LogP contribution is 2.40. The molecule has 2 aliphatic rings. The number of nitrogens with zero attached hydrogens (tertiary/aromatic N) is 1. The molecule has 0 aromatic carbocycles. The molecule has 0 aromatic rings. The number of hydrogen-bond acceptors (Lipinski definition) is 4. The fourth-order valence-electron chi connectivity index (χ4n) is 2.95. The van der Waals surface area contributed by atoms with E-state index in [0.717, 1.165) is 26.2 Å². The van der Waals surface area contributed by atoms with Crippen molar-refractivity contribution in [3.8, 4) is 0 Å². The molecule has 2 N–H and O–H groups in total. The Labute approximate surface area is 104 Å². The van der Waals surface area contributed by atoms with Gasteiger partial charge in [-0.25, -0.2) is 0 Å². The second-order valence-electron chi connectivity index (χ2n) is 6.16. The van der Waals surface area contributed by atoms with Crippen LogP contribution in [0, 0.1) is 5.92 Å². The Hall–Kier alpha value is -0.160. The predicted molar refractivity (Wildman–Crippen MR) is 68.1 cm³/mol. The molecule has 17 heavy (non-hydrogen) atoms. The van der Waals surface area contributed by atoms with E-state index in [1.54, 1.807) is 0 Å². The Bertz CT molecular complexity index is 260. The highest BCUT2D eigenvalue weighted by Gasteiger charge is 2.45. The van der Waals surface area contributed by atoms with Crippen molar-refractivity contribution in [1.29, 1.82) is 0 Å². The first-order valence-electron chi connectivity index (χ1n) is 6.67. The lowest BCUT2D eigenvalue weighted by Gasteiger charge is -2.43. The summed E-state index contributed by atoms with van der Waals surface area (Å²) in [6.07, 6.45) is 2.49. The van der Waals surface area contributed by atoms with Gasteiger partial charge in [-0.3, -0.25) is 4.90 Å². The Morgan fingerprint density at radius 2 is 2.18 bits per heavy atom. The molecule has 100 valence electrons. The normalized spacial score (nSPS) is 28.9. The van der Waals surface area contributed by atoms with E-state index in [2.05, 4.69) is 24.1 Å². The van der Waals surface area contributed by atoms with E-state index in [-0.39, 0.29) is 17.7 Å². The lowest BCUT2D eigenvalue weighted by atomic mass is 9.92. The molecule has 4 nitrogen and oxygen atoms in total. The van der Waals surface area contributed by atoms with Gasteiger partial charge in [0, 0.05) is 19.6 Å². The van der Waals surface area contributed by atoms with Crippen molar-refractivity contribution in [3.05, 3.63) is 0 Å². The number of rotatable bonds is 5. The van der Waals surface area contributed by atoms with E-state index in [1.807, 2.05) is 7.05 Å². The number of likely N-dealkylation sites (N-methyl/N-ethyl adjacent to an activating group) is 1. The summed E-state index contributed by atoms with van der Waals surface area (Å²) in [5.74, 6) is 0.642. The van der Waals surface area contributed by atoms with E-state index in [1.165, 1.54) is 12.8 Å². The summed E-state index contributed by atoms with van der Waals surface area (Å²) in [6.45, 7) is 8.14. The fourth-order valence-corrected chi connectivity index (χ4v) is 2.95. The first kappa shape index (κ1) is 13.3. The molecule has 1 atom stereocenters. The Morgan fingerprint density at radius 1 is 1.47 bits per heavy atom. The molecular weight excluding hydrogens is 216 g/mol. The zero-order chi connectivity index (χ0) is 12.5. The topological polar surface area (TPSA) is 44.7 Å². The third-order valence-corrected chi connectivity index (χ3v) is 4.15. The Kier molecular flexibility index (Phi) is 3.78. The molecule has 1 saturated heterocycles. The van der Waals surface area contributed by atoms with E-state index in [9.17, 15) is 5.11 Å². The lowest BCUT2D eigenvalue weighted by Crippen LogP contribution is -2.60. The first-order chi connectivity index (χ1) is 8.01. The summed E-state index contributed by atoms with van der Waals surface area (Å²) >= 11 is 0. The third-order valence-electron chi connectivity index (χ3n) is 4.15. The summed E-state index contributed by atoms with van der Waals surface area (Å²) in [5.41, 5.74) is -0.163. The summed E-state index contributed by atoms with van der Waals surface area (Å²) < 4.78 is 5.73. The molecule has 1 aliphatic heterocycles. The van der Waals surface area contributed by atoms with Gasteiger partial charge in [0.05, 0.1) is 24.4 Å². The van der Waals surface area contributed by atoms with Crippen LogP contribution in [0.15, 0.2) is 0 Å². The van der Waals surface area contributed by atoms with Crippen LogP contribution in [0.5, 0.6) is 0 Å². The monoisotopic (exact) mass is 242 g/mol. The van der Waals surface area contributed by atoms with Gasteiger partial charge in [0.15, 0.2) is 0 Å². The standard InChI is InChI=1S/C13H26N2O2/c1-12(2)8-15(6-7-17-12)9-13(10-16,14-3)11-4-5-11/h11,14,16H,4-10H2,1-3H3. The van der Waals surface area contributed by atoms with Gasteiger partial charge < -0.3 is 15.2 Å². The highest BCUT2D eigenvalue weighted by atomic mass is 16.5. The second kappa shape index (κ2) is 4.84. The van der Waals surface area contributed by atoms with E-state index in [0.29, 0.717) is 5.92 Å². The van der Waals surface area contributed by atoms with Crippen molar-refractivity contribution in [2.24, 2.45) is 5.92 Å². The van der Waals surface area contributed by atoms with Crippen molar-refractivity contribution in [3.63, 3.8) is 0 Å². The van der Waals surface area contributed by atoms with Gasteiger partial charge in [-0.1, -0.05) is 0 Å². The molecule has 0 radical (unpaired) electrons. The number of morpholine rings is 1. The van der Waals surface area contributed by atoms with Crippen molar-refractivity contribution in [2.75, 3.05) is 39.9 Å². The molecule has 4 heteroatoms. The van der Waals surface area contributed by atoms with Crippen LogP contribution < -0.4 is 5.32 Å². The van der Waals surface area contributed by atoms with Crippen LogP contribution in [0.2, 0.25) is 0 Å². The van der Waals surface area contributed by atoms with Crippen LogP contribution in [-0.4, -0.2) is 61.0 Å². The van der Waals surface area contributed by atoms with Crippen LogP contribution in [0.4, 0.5) is 0 Å². The van der Waals surface area contributed by atoms with Crippen molar-refractivity contribution in [2.45, 2.75) is 37.8 Å². The number of aliphatic hydroxyl groups excluding tert-OH is 1. The maximum Gasteiger partial charge on any atom is 0.0753 e. The Balaban J connectivity index is 1.98. The molecule has 0 amide bonds. The number of ether oxygens (including phenoxy) is 1. The second-order valence-corrected chi connectivity index (χ2v) is 6.16. The molecular formula is C13H26N2O2. The fraction of sp³-hybridized carbons (Fsp3) is 1.00. The van der Waals surface area contributed by atoms with Crippen LogP contribution >= 0.6 is 0 Å². The minimum absolute atomic E-state index is 0.0588. The molecule has 0 spiro atoms. The Morgan fingerprint density at radius 3 is 2.65 bits per heavy atom. The van der Waals surface area contributed by atoms with Gasteiger partial charge in [0.1, 0.15) is 0 Å². The van der Waals surface area contributed by atoms with Gasteiger partial charge in [0.25, 0.3) is 0 Å². The largest absolute Gasteiger partial charge is 0.394 e. The molecule has 1 unspecified atom stereocenters. The summed E-state index contributed by atoms with van der Waals surface area (Å²) in [4.78, 5) is 2.43. The van der Waals surface area contributed by atoms with Crippen molar-refractivity contribution >= 4 is 0 Å². The summed E-state index contributed by atoms with van der Waals surface area (Å²) in [6, 6.07) is 0. The van der Waals surface area contributed by atoms with Crippen molar-refractivity contribution < 1.29 is 9.84 Å². The smallest absolute Gasteiger partial charge is 0.0753 e. The third kappa shape index (κ3) is 2.99. The highest BCUT2D eigenvalue weighted by molar-refractivity contribution is 5.02. The molecule has 1 heterocycles. The van der Waals surface area contributed by atoms with Gasteiger partial charge in [-0.15, -0.1) is 0 Å². The average Bonchev–Trinajstić information content (AvgIpc) is 3.09. The van der Waals surface area contributed by atoms with Gasteiger partial charge in [-0.2, -0.15) is 0 Å². The molecule has 0 aromatic heterocycles. The number of hydrogen-bond donors (Lipinski definition) is 2. The molecule has 2 fully saturated rings. The maximum absolute atomic E-state index is 9.73. The zero-order valence-corrected chi connectivity index (χ0v) is 11.3. The molecule has 1 saturated carbocycles. The predicted octanol–water partition coefficient (Wildman–Crippen LogP) is 0.458. The van der Waals surface area contributed by atoms with Crippen LogP contribution in [-0.2, 0) is 4.74 Å². The minimum Gasteiger partial charge on any atom is -0.394 e. The number of aliphatic hydroxyl groups is 1. The average molecular weight is 242 g/mol. The van der Waals surface area contributed by atoms with Gasteiger partial charge in [-0.05, 0) is 39.7 Å². The van der Waals surface area contributed by atoms with Crippen molar-refractivity contribution in [1.82, 2.24) is 10.2 Å². The van der Waals surface area contributed by atoms with E-state index < -0.39 is 0 Å². The lowest BCUT2D eigenvalue weighted by molar-refractivity contribution is -0.0941. The quantitative estimate of drug-likeness (QED) is 0.735. The van der Waals surface area contributed by atoms with Gasteiger partial charge in [0.2, 0.25) is 0 Å². The first-order valence-corrected chi connectivity index (χ1v) is 6.67. The maximum atomic E-state index is 9.73. The SMILES string of the molecule is CNC(CO)(CN1CCOC(C)(C)C1)C1CC1. The minimum atomic E-state index is -0.104. The summed E-state index contributed by atoms with van der Waals surface area (Å²) in [5, 5.41) is 13.1. The van der Waals surface area contributed by atoms with E-state index in [4.69, 9.17) is 4.74 Å². The number of nitrogens with one attached hydrogen (secondary N) is 1.